The van der Waals surface area contributed by atoms with Crippen LogP contribution in [0, 0.1) is 85.7 Å². The minimum absolute atomic E-state index is 0.487. The van der Waals surface area contributed by atoms with Crippen LogP contribution in [0.3, 0.4) is 0 Å². The molecule has 0 aliphatic heterocycles. The number of hydrogen-bond acceptors (Lipinski definition) is 8. The van der Waals surface area contributed by atoms with Crippen LogP contribution in [0.5, 0.6) is 17.2 Å². The number of rotatable bonds is 13. The smallest absolute Gasteiger partial charge is 0.311 e. The summed E-state index contributed by atoms with van der Waals surface area (Å²) in [5, 5.41) is 10.3. The molecule has 3 rings (SSSR count). The van der Waals surface area contributed by atoms with Crippen molar-refractivity contribution < 1.29 is 90.6 Å². The lowest BCUT2D eigenvalue weighted by Crippen LogP contribution is -2.18. The van der Waals surface area contributed by atoms with Gasteiger partial charge in [-0.3, -0.25) is 24.5 Å². The van der Waals surface area contributed by atoms with Crippen LogP contribution in [0.15, 0.2) is 0 Å². The number of ether oxygens (including phenoxy) is 3. The summed E-state index contributed by atoms with van der Waals surface area (Å²) in [6.45, 7) is -0.775. The summed E-state index contributed by atoms with van der Waals surface area (Å²) >= 11 is 0. The van der Waals surface area contributed by atoms with E-state index >= 15 is 0 Å². The molecule has 9 nitrogen and oxygen atoms in total. The molecule has 0 aliphatic rings. The third-order valence-corrected chi connectivity index (χ3v) is 6.33. The highest BCUT2D eigenvalue weighted by Gasteiger charge is 2.32. The van der Waals surface area contributed by atoms with Gasteiger partial charge < -0.3 is 14.2 Å². The Morgan fingerprint density at radius 3 is 1.06 bits per heavy atom. The van der Waals surface area contributed by atoms with E-state index in [1.807, 2.05) is 0 Å². The fraction of sp³-hybridized carbons (Fsp3) is 0.250. The van der Waals surface area contributed by atoms with E-state index in [9.17, 15) is 81.6 Å². The lowest BCUT2D eigenvalue weighted by molar-refractivity contribution is -0.480. The van der Waals surface area contributed by atoms with Crippen LogP contribution in [0.1, 0.15) is 36.8 Å². The number of nitro groups is 1. The fourth-order valence-corrected chi connectivity index (χ4v) is 3.91. The molecule has 270 valence electrons. The van der Waals surface area contributed by atoms with E-state index in [4.69, 9.17) is 0 Å². The second-order valence-electron chi connectivity index (χ2n) is 9.61. The standard InChI is InChI=1S/C28H14F13NO8/c29-13-8(15(31)26(22(38)17(13)33)48-10(43)2-1-7-42(46)47)3-5-11(44)49-27-16(32)9(14(30)18(34)23(27)39)4-6-12(45)50-28-24(40)20(36)19(35)21(37)25(28)41/h1-7H2. The molecular weight excluding hydrogens is 725 g/mol. The number of carbonyl (C=O) groups excluding carboxylic acids is 3. The van der Waals surface area contributed by atoms with Crippen LogP contribution in [0.2, 0.25) is 0 Å². The van der Waals surface area contributed by atoms with Crippen molar-refractivity contribution >= 4 is 17.9 Å². The van der Waals surface area contributed by atoms with Gasteiger partial charge in [-0.05, 0) is 12.8 Å². The molecule has 0 radical (unpaired) electrons. The van der Waals surface area contributed by atoms with Gasteiger partial charge in [0.15, 0.2) is 34.9 Å². The highest BCUT2D eigenvalue weighted by molar-refractivity contribution is 5.74. The third-order valence-electron chi connectivity index (χ3n) is 6.33. The van der Waals surface area contributed by atoms with Gasteiger partial charge in [0.05, 0.1) is 19.3 Å². The van der Waals surface area contributed by atoms with Gasteiger partial charge in [0.25, 0.3) is 0 Å². The number of nitrogens with zero attached hydrogens (tertiary/aromatic N) is 1. The molecule has 3 aromatic rings. The van der Waals surface area contributed by atoms with Crippen LogP contribution in [0.25, 0.3) is 0 Å². The maximum absolute atomic E-state index is 15.0. The second-order valence-corrected chi connectivity index (χ2v) is 9.61. The molecular formula is C28H14F13NO8. The van der Waals surface area contributed by atoms with Crippen molar-refractivity contribution in [2.24, 2.45) is 0 Å². The van der Waals surface area contributed by atoms with Crippen molar-refractivity contribution in [2.75, 3.05) is 6.54 Å². The van der Waals surface area contributed by atoms with Gasteiger partial charge in [0.2, 0.25) is 64.5 Å². The van der Waals surface area contributed by atoms with E-state index in [-0.39, 0.29) is 0 Å². The number of halogens is 13. The summed E-state index contributed by atoms with van der Waals surface area (Å²) in [6, 6.07) is 0. The minimum atomic E-state index is -2.62. The molecule has 0 saturated carbocycles. The predicted molar refractivity (Wildman–Crippen MR) is 133 cm³/mol. The van der Waals surface area contributed by atoms with Crippen LogP contribution < -0.4 is 14.2 Å². The van der Waals surface area contributed by atoms with Gasteiger partial charge in [-0.15, -0.1) is 0 Å². The van der Waals surface area contributed by atoms with Crippen LogP contribution in [-0.4, -0.2) is 29.4 Å². The van der Waals surface area contributed by atoms with Gasteiger partial charge in [0, 0.05) is 22.5 Å². The molecule has 0 amide bonds. The number of hydrogen-bond donors (Lipinski definition) is 0. The first-order valence-electron chi connectivity index (χ1n) is 13.2. The summed E-state index contributed by atoms with van der Waals surface area (Å²) in [4.78, 5) is 45.4. The van der Waals surface area contributed by atoms with Crippen molar-refractivity contribution in [1.82, 2.24) is 0 Å². The molecule has 0 atom stereocenters. The summed E-state index contributed by atoms with van der Waals surface area (Å²) in [5.41, 5.74) is -3.09. The van der Waals surface area contributed by atoms with Crippen molar-refractivity contribution in [2.45, 2.75) is 38.5 Å². The monoisotopic (exact) mass is 739 g/mol. The summed E-state index contributed by atoms with van der Waals surface area (Å²) < 4.78 is 195. The molecule has 0 fully saturated rings. The average Bonchev–Trinajstić information content (AvgIpc) is 3.06. The Hall–Kier alpha value is -5.44. The zero-order valence-corrected chi connectivity index (χ0v) is 24.1. The van der Waals surface area contributed by atoms with E-state index in [1.165, 1.54) is 0 Å². The third kappa shape index (κ3) is 8.22. The first-order valence-corrected chi connectivity index (χ1v) is 13.2. The Bertz CT molecular complexity index is 1880. The quantitative estimate of drug-likeness (QED) is 0.0369. The Morgan fingerprint density at radius 2 is 0.720 bits per heavy atom. The Labute approximate surface area is 268 Å². The van der Waals surface area contributed by atoms with Crippen molar-refractivity contribution in [1.29, 1.82) is 0 Å². The van der Waals surface area contributed by atoms with Crippen molar-refractivity contribution in [3.05, 3.63) is 96.9 Å². The number of carbonyl (C=O) groups is 3. The minimum Gasteiger partial charge on any atom is -0.420 e. The molecule has 0 bridgehead atoms. The number of benzene rings is 3. The normalized spacial score (nSPS) is 11.1. The van der Waals surface area contributed by atoms with Gasteiger partial charge >= 0.3 is 17.9 Å². The Balaban J connectivity index is 1.78. The average molecular weight is 739 g/mol. The lowest BCUT2D eigenvalue weighted by atomic mass is 10.1. The molecule has 0 spiro atoms. The fourth-order valence-electron chi connectivity index (χ4n) is 3.91. The van der Waals surface area contributed by atoms with Crippen LogP contribution in [0.4, 0.5) is 57.1 Å². The molecule has 0 aliphatic carbocycles. The predicted octanol–water partition coefficient (Wildman–Crippen LogP) is 6.53. The van der Waals surface area contributed by atoms with E-state index in [2.05, 4.69) is 14.2 Å². The van der Waals surface area contributed by atoms with E-state index < -0.39 is 172 Å². The van der Waals surface area contributed by atoms with E-state index in [0.717, 1.165) is 0 Å². The van der Waals surface area contributed by atoms with Gasteiger partial charge in [-0.1, -0.05) is 0 Å². The zero-order valence-electron chi connectivity index (χ0n) is 24.1. The van der Waals surface area contributed by atoms with Gasteiger partial charge in [-0.2, -0.15) is 17.6 Å². The van der Waals surface area contributed by atoms with E-state index in [0.29, 0.717) is 0 Å². The molecule has 3 aromatic carbocycles. The van der Waals surface area contributed by atoms with Gasteiger partial charge in [-0.25, -0.2) is 39.5 Å². The first kappa shape index (κ1) is 39.0. The molecule has 0 N–H and O–H groups in total. The second kappa shape index (κ2) is 15.8. The van der Waals surface area contributed by atoms with Crippen molar-refractivity contribution in [3.8, 4) is 17.2 Å². The molecule has 0 aromatic heterocycles. The van der Waals surface area contributed by atoms with Crippen LogP contribution >= 0.6 is 0 Å². The SMILES string of the molecule is O=C(CCc1c(F)c(F)c(F)c(OC(=O)CCc2c(F)c(F)c(F)c(OC(=O)CCC[N+](=O)[O-])c2F)c1F)Oc1c(F)c(F)c(F)c(F)c1F. The maximum atomic E-state index is 15.0. The first-order chi connectivity index (χ1) is 23.3. The largest absolute Gasteiger partial charge is 0.420 e. The van der Waals surface area contributed by atoms with Crippen LogP contribution in [-0.2, 0) is 27.2 Å². The molecule has 50 heavy (non-hydrogen) atoms. The maximum Gasteiger partial charge on any atom is 0.311 e. The Morgan fingerprint density at radius 1 is 0.440 bits per heavy atom. The molecule has 0 saturated heterocycles. The molecule has 0 unspecified atom stereocenters. The van der Waals surface area contributed by atoms with E-state index in [1.54, 1.807) is 0 Å². The number of esters is 3. The summed E-state index contributed by atoms with van der Waals surface area (Å²) in [7, 11) is 0. The highest BCUT2D eigenvalue weighted by atomic mass is 19.2. The summed E-state index contributed by atoms with van der Waals surface area (Å²) in [6.07, 6.45) is -6.81. The Kier molecular flexibility index (Phi) is 12.4. The topological polar surface area (TPSA) is 122 Å². The summed E-state index contributed by atoms with van der Waals surface area (Å²) in [5.74, 6) is -43.0. The van der Waals surface area contributed by atoms with Gasteiger partial charge in [0.1, 0.15) is 0 Å². The zero-order chi connectivity index (χ0) is 37.8. The lowest BCUT2D eigenvalue weighted by Gasteiger charge is -2.14. The molecule has 22 heteroatoms. The molecule has 0 heterocycles. The highest BCUT2D eigenvalue weighted by Crippen LogP contribution is 2.34. The van der Waals surface area contributed by atoms with Crippen molar-refractivity contribution in [3.63, 3.8) is 0 Å².